The first-order valence-electron chi connectivity index (χ1n) is 5.35. The molecule has 0 heterocycles. The lowest BCUT2D eigenvalue weighted by Gasteiger charge is -2.06. The van der Waals surface area contributed by atoms with Crippen LogP contribution in [0.5, 0.6) is 5.75 Å². The van der Waals surface area contributed by atoms with Crippen molar-refractivity contribution in [1.82, 2.24) is 0 Å². The van der Waals surface area contributed by atoms with Crippen molar-refractivity contribution in [3.8, 4) is 5.75 Å². The first-order valence-corrected chi connectivity index (χ1v) is 5.35. The van der Waals surface area contributed by atoms with E-state index in [9.17, 15) is 9.18 Å². The van der Waals surface area contributed by atoms with Crippen molar-refractivity contribution in [2.45, 2.75) is 13.8 Å². The summed E-state index contributed by atoms with van der Waals surface area (Å²) in [4.78, 5) is 11.0. The van der Waals surface area contributed by atoms with Crippen LogP contribution in [0.4, 0.5) is 4.39 Å². The summed E-state index contributed by atoms with van der Waals surface area (Å²) in [5.41, 5.74) is 0.843. The lowest BCUT2D eigenvalue weighted by molar-refractivity contribution is -0.137. The minimum atomic E-state index is -0.410. The first kappa shape index (κ1) is 13.2. The van der Waals surface area contributed by atoms with Crippen molar-refractivity contribution < 1.29 is 18.7 Å². The van der Waals surface area contributed by atoms with Crippen LogP contribution in [-0.2, 0) is 9.53 Å². The molecule has 0 spiro atoms. The maximum Gasteiger partial charge on any atom is 0.330 e. The average Bonchev–Trinajstić information content (AvgIpc) is 2.29. The molecule has 3 nitrogen and oxygen atoms in total. The van der Waals surface area contributed by atoms with Crippen LogP contribution < -0.4 is 4.74 Å². The number of halogens is 1. The Kier molecular flexibility index (Phi) is 5.20. The minimum absolute atomic E-state index is 0.198. The number of carbonyl (C=O) groups excluding carboxylic acids is 1. The Morgan fingerprint density at radius 1 is 1.47 bits per heavy atom. The summed E-state index contributed by atoms with van der Waals surface area (Å²) in [5.74, 6) is -0.287. The molecule has 0 aromatic heterocycles. The number of esters is 1. The molecular formula is C13H15FO3. The van der Waals surface area contributed by atoms with Crippen molar-refractivity contribution in [2.24, 2.45) is 0 Å². The Balaban J connectivity index is 2.45. The maximum absolute atomic E-state index is 12.9. The van der Waals surface area contributed by atoms with E-state index in [2.05, 4.69) is 0 Å². The van der Waals surface area contributed by atoms with Gasteiger partial charge in [-0.05, 0) is 31.6 Å². The molecule has 1 aromatic rings. The van der Waals surface area contributed by atoms with E-state index >= 15 is 0 Å². The topological polar surface area (TPSA) is 35.5 Å². The number of hydrogen-bond donors (Lipinski definition) is 0. The molecule has 92 valence electrons. The number of aryl methyl sites for hydroxylation is 1. The van der Waals surface area contributed by atoms with E-state index in [-0.39, 0.29) is 12.4 Å². The Hall–Kier alpha value is -1.84. The van der Waals surface area contributed by atoms with E-state index in [1.165, 1.54) is 24.3 Å². The monoisotopic (exact) mass is 238 g/mol. The van der Waals surface area contributed by atoms with Crippen molar-refractivity contribution in [3.63, 3.8) is 0 Å². The fourth-order valence-electron chi connectivity index (χ4n) is 1.20. The Bertz CT molecular complexity index is 413. The molecule has 0 aliphatic rings. The standard InChI is InChI=1S/C13H15FO3/c1-3-16-13(15)5-4-8-17-12-9-11(14)7-6-10(12)2/h4-7,9H,3,8H2,1-2H3/b5-4+. The highest BCUT2D eigenvalue weighted by Crippen LogP contribution is 2.18. The summed E-state index contributed by atoms with van der Waals surface area (Å²) in [6.45, 7) is 4.10. The molecule has 1 rings (SSSR count). The predicted molar refractivity (Wildman–Crippen MR) is 62.4 cm³/mol. The zero-order valence-corrected chi connectivity index (χ0v) is 9.90. The molecule has 0 aliphatic carbocycles. The number of hydrogen-bond acceptors (Lipinski definition) is 3. The lowest BCUT2D eigenvalue weighted by Crippen LogP contribution is -2.01. The molecule has 4 heteroatoms. The third kappa shape index (κ3) is 4.68. The van der Waals surface area contributed by atoms with Crippen LogP contribution in [-0.4, -0.2) is 19.2 Å². The molecule has 0 saturated heterocycles. The highest BCUT2D eigenvalue weighted by molar-refractivity contribution is 5.81. The van der Waals surface area contributed by atoms with Gasteiger partial charge in [-0.2, -0.15) is 0 Å². The molecule has 0 radical (unpaired) electrons. The molecular weight excluding hydrogens is 223 g/mol. The summed E-state index contributed by atoms with van der Waals surface area (Å²) in [6.07, 6.45) is 2.82. The molecule has 0 saturated carbocycles. The number of rotatable bonds is 5. The second kappa shape index (κ2) is 6.68. The summed E-state index contributed by atoms with van der Waals surface area (Å²) < 4.78 is 22.9. The van der Waals surface area contributed by atoms with Crippen LogP contribution in [0.3, 0.4) is 0 Å². The van der Waals surface area contributed by atoms with Crippen LogP contribution in [0, 0.1) is 12.7 Å². The van der Waals surface area contributed by atoms with Gasteiger partial charge in [-0.15, -0.1) is 0 Å². The zero-order valence-electron chi connectivity index (χ0n) is 9.90. The van der Waals surface area contributed by atoms with Crippen molar-refractivity contribution in [3.05, 3.63) is 41.7 Å². The highest BCUT2D eigenvalue weighted by atomic mass is 19.1. The fraction of sp³-hybridized carbons (Fsp3) is 0.308. The zero-order chi connectivity index (χ0) is 12.7. The normalized spacial score (nSPS) is 10.5. The summed E-state index contributed by atoms with van der Waals surface area (Å²) >= 11 is 0. The van der Waals surface area contributed by atoms with Crippen LogP contribution in [0.25, 0.3) is 0 Å². The number of benzene rings is 1. The predicted octanol–water partition coefficient (Wildman–Crippen LogP) is 2.63. The Morgan fingerprint density at radius 3 is 2.94 bits per heavy atom. The molecule has 1 aromatic carbocycles. The molecule has 0 N–H and O–H groups in total. The van der Waals surface area contributed by atoms with Gasteiger partial charge in [-0.1, -0.05) is 6.07 Å². The van der Waals surface area contributed by atoms with E-state index in [0.717, 1.165) is 5.56 Å². The third-order valence-electron chi connectivity index (χ3n) is 2.03. The Morgan fingerprint density at radius 2 is 2.24 bits per heavy atom. The van der Waals surface area contributed by atoms with Crippen molar-refractivity contribution in [2.75, 3.05) is 13.2 Å². The van der Waals surface area contributed by atoms with Crippen molar-refractivity contribution in [1.29, 1.82) is 0 Å². The first-order chi connectivity index (χ1) is 8.13. The van der Waals surface area contributed by atoms with Gasteiger partial charge in [0.25, 0.3) is 0 Å². The largest absolute Gasteiger partial charge is 0.489 e. The third-order valence-corrected chi connectivity index (χ3v) is 2.03. The lowest BCUT2D eigenvalue weighted by atomic mass is 10.2. The Labute approximate surface area is 99.9 Å². The van der Waals surface area contributed by atoms with Gasteiger partial charge < -0.3 is 9.47 Å². The highest BCUT2D eigenvalue weighted by Gasteiger charge is 2.00. The maximum atomic E-state index is 12.9. The van der Waals surface area contributed by atoms with Gasteiger partial charge in [-0.3, -0.25) is 0 Å². The van der Waals surface area contributed by atoms with Gasteiger partial charge >= 0.3 is 5.97 Å². The molecule has 0 amide bonds. The minimum Gasteiger partial charge on any atom is -0.489 e. The van der Waals surface area contributed by atoms with Crippen LogP contribution in [0.1, 0.15) is 12.5 Å². The van der Waals surface area contributed by atoms with Gasteiger partial charge in [0, 0.05) is 12.1 Å². The molecule has 17 heavy (non-hydrogen) atoms. The van der Waals surface area contributed by atoms with Gasteiger partial charge in [-0.25, -0.2) is 9.18 Å². The second-order valence-corrected chi connectivity index (χ2v) is 3.38. The molecule has 0 bridgehead atoms. The number of ether oxygens (including phenoxy) is 2. The smallest absolute Gasteiger partial charge is 0.330 e. The van der Waals surface area contributed by atoms with Crippen molar-refractivity contribution >= 4 is 5.97 Å². The van der Waals surface area contributed by atoms with E-state index in [1.54, 1.807) is 13.0 Å². The SMILES string of the molecule is CCOC(=O)/C=C/COc1cc(F)ccc1C. The second-order valence-electron chi connectivity index (χ2n) is 3.38. The molecule has 0 aliphatic heterocycles. The van der Waals surface area contributed by atoms with Gasteiger partial charge in [0.15, 0.2) is 0 Å². The van der Waals surface area contributed by atoms with E-state index in [4.69, 9.17) is 9.47 Å². The van der Waals surface area contributed by atoms with E-state index in [0.29, 0.717) is 12.4 Å². The van der Waals surface area contributed by atoms with Gasteiger partial charge in [0.1, 0.15) is 18.2 Å². The number of carbonyl (C=O) groups is 1. The molecule has 0 atom stereocenters. The molecule has 0 unspecified atom stereocenters. The van der Waals surface area contributed by atoms with E-state index < -0.39 is 5.97 Å². The molecule has 0 fully saturated rings. The van der Waals surface area contributed by atoms with Crippen LogP contribution >= 0.6 is 0 Å². The summed E-state index contributed by atoms with van der Waals surface area (Å²) in [6, 6.07) is 4.32. The van der Waals surface area contributed by atoms with Gasteiger partial charge in [0.2, 0.25) is 0 Å². The summed E-state index contributed by atoms with van der Waals surface area (Å²) in [7, 11) is 0. The average molecular weight is 238 g/mol. The quantitative estimate of drug-likeness (QED) is 0.584. The van der Waals surface area contributed by atoms with Crippen LogP contribution in [0.2, 0.25) is 0 Å². The van der Waals surface area contributed by atoms with E-state index in [1.807, 2.05) is 6.92 Å². The summed E-state index contributed by atoms with van der Waals surface area (Å²) in [5, 5.41) is 0. The van der Waals surface area contributed by atoms with Gasteiger partial charge in [0.05, 0.1) is 6.61 Å². The fourth-order valence-corrected chi connectivity index (χ4v) is 1.20. The van der Waals surface area contributed by atoms with Crippen LogP contribution in [0.15, 0.2) is 30.4 Å².